The minimum absolute atomic E-state index is 0.386. The van der Waals surface area contributed by atoms with Crippen LogP contribution in [0.25, 0.3) is 0 Å². The van der Waals surface area contributed by atoms with E-state index in [2.05, 4.69) is 19.2 Å². The van der Waals surface area contributed by atoms with Crippen molar-refractivity contribution >= 4 is 19.9 Å². The predicted octanol–water partition coefficient (Wildman–Crippen LogP) is 2.08. The van der Waals surface area contributed by atoms with Crippen LogP contribution in [0.3, 0.4) is 0 Å². The molecule has 0 saturated carbocycles. The number of rotatable bonds is 9. The van der Waals surface area contributed by atoms with Gasteiger partial charge in [0, 0.05) is 18.3 Å². The first kappa shape index (κ1) is 15.2. The molecule has 0 aliphatic rings. The minimum atomic E-state index is -3.87. The second-order valence-corrected chi connectivity index (χ2v) is 7.07. The van der Waals surface area contributed by atoms with E-state index in [0.29, 0.717) is 29.1 Å². The maximum absolute atomic E-state index is 10.4. The van der Waals surface area contributed by atoms with Gasteiger partial charge in [-0.15, -0.1) is 0 Å². The van der Waals surface area contributed by atoms with Gasteiger partial charge in [-0.1, -0.05) is 26.2 Å². The van der Waals surface area contributed by atoms with Crippen LogP contribution in [0.4, 0.5) is 0 Å². The van der Waals surface area contributed by atoms with Gasteiger partial charge in [-0.25, -0.2) is 0 Å². The lowest BCUT2D eigenvalue weighted by atomic mass is 10.1. The molecule has 0 saturated heterocycles. The second-order valence-electron chi connectivity index (χ2n) is 3.60. The van der Waals surface area contributed by atoms with E-state index < -0.39 is 9.15 Å². The number of nitrogens with one attached hydrogen (secondary N) is 1. The molecule has 0 bridgehead atoms. The van der Waals surface area contributed by atoms with Crippen LogP contribution in [-0.4, -0.2) is 31.3 Å². The van der Waals surface area contributed by atoms with Crippen LogP contribution in [0.1, 0.15) is 39.5 Å². The lowest BCUT2D eigenvalue weighted by Crippen LogP contribution is -2.28. The van der Waals surface area contributed by atoms with Crippen LogP contribution < -0.4 is 5.32 Å². The Bertz CT molecular complexity index is 242. The lowest BCUT2D eigenvalue weighted by molar-refractivity contribution is 0.498. The van der Waals surface area contributed by atoms with Crippen molar-refractivity contribution < 1.29 is 13.0 Å². The van der Waals surface area contributed by atoms with Gasteiger partial charge in [0.1, 0.15) is 0 Å². The van der Waals surface area contributed by atoms with Crippen molar-refractivity contribution in [1.29, 1.82) is 0 Å². The first-order chi connectivity index (χ1) is 6.95. The number of hydrogen-bond acceptors (Lipinski definition) is 4. The molecule has 1 atom stereocenters. The summed E-state index contributed by atoms with van der Waals surface area (Å²) in [5, 5.41) is 3.22. The van der Waals surface area contributed by atoms with Gasteiger partial charge in [0.2, 0.25) is 0 Å². The van der Waals surface area contributed by atoms with Gasteiger partial charge in [0.25, 0.3) is 0 Å². The zero-order valence-electron chi connectivity index (χ0n) is 9.40. The van der Waals surface area contributed by atoms with E-state index >= 15 is 0 Å². The first-order valence-electron chi connectivity index (χ1n) is 5.31. The Balaban J connectivity index is 3.35. The van der Waals surface area contributed by atoms with Crippen molar-refractivity contribution in [2.45, 2.75) is 45.6 Å². The highest BCUT2D eigenvalue weighted by molar-refractivity contribution is 8.69. The Morgan fingerprint density at radius 3 is 2.60 bits per heavy atom. The summed E-state index contributed by atoms with van der Waals surface area (Å²) in [7, 11) is -3.30. The molecule has 0 spiro atoms. The van der Waals surface area contributed by atoms with Gasteiger partial charge in [0.05, 0.1) is 0 Å². The van der Waals surface area contributed by atoms with Gasteiger partial charge < -0.3 is 5.32 Å². The van der Waals surface area contributed by atoms with Gasteiger partial charge in [-0.3, -0.25) is 4.55 Å². The van der Waals surface area contributed by atoms with E-state index in [-0.39, 0.29) is 0 Å². The minimum Gasteiger partial charge on any atom is -0.313 e. The maximum Gasteiger partial charge on any atom is 0.319 e. The van der Waals surface area contributed by atoms with Crippen molar-refractivity contribution in [3.63, 3.8) is 0 Å². The highest BCUT2D eigenvalue weighted by Crippen LogP contribution is 2.08. The molecule has 2 N–H and O–H groups in total. The fourth-order valence-electron chi connectivity index (χ4n) is 1.25. The van der Waals surface area contributed by atoms with Crippen LogP contribution in [0, 0.1) is 0 Å². The molecule has 0 aromatic rings. The Hall–Kier alpha value is 0.220. The molecule has 0 radical (unpaired) electrons. The molecular formula is C9H21NO3S2. The molecule has 4 nitrogen and oxygen atoms in total. The Kier molecular flexibility index (Phi) is 8.50. The average Bonchev–Trinajstić information content (AvgIpc) is 2.11. The molecule has 0 heterocycles. The summed E-state index contributed by atoms with van der Waals surface area (Å²) in [6, 6.07) is 0.415. The molecule has 1 unspecified atom stereocenters. The van der Waals surface area contributed by atoms with Gasteiger partial charge in [-0.05, 0) is 24.1 Å². The van der Waals surface area contributed by atoms with E-state index in [1.807, 2.05) is 0 Å². The quantitative estimate of drug-likeness (QED) is 0.375. The molecule has 0 aromatic heterocycles. The van der Waals surface area contributed by atoms with Crippen molar-refractivity contribution in [3.8, 4) is 0 Å². The molecule has 6 heteroatoms. The average molecular weight is 255 g/mol. The fourth-order valence-corrected chi connectivity index (χ4v) is 2.55. The van der Waals surface area contributed by atoms with Crippen LogP contribution in [0.15, 0.2) is 0 Å². The predicted molar refractivity (Wildman–Crippen MR) is 65.6 cm³/mol. The van der Waals surface area contributed by atoms with Gasteiger partial charge >= 0.3 is 9.15 Å². The van der Waals surface area contributed by atoms with Crippen molar-refractivity contribution in [1.82, 2.24) is 5.32 Å². The topological polar surface area (TPSA) is 66.4 Å². The van der Waals surface area contributed by atoms with E-state index in [9.17, 15) is 8.42 Å². The molecule has 15 heavy (non-hydrogen) atoms. The van der Waals surface area contributed by atoms with Crippen LogP contribution >= 0.6 is 10.8 Å². The third kappa shape index (κ3) is 12.2. The molecule has 0 aliphatic carbocycles. The van der Waals surface area contributed by atoms with E-state index in [4.69, 9.17) is 4.55 Å². The third-order valence-electron chi connectivity index (χ3n) is 2.07. The van der Waals surface area contributed by atoms with Crippen molar-refractivity contribution in [3.05, 3.63) is 0 Å². The summed E-state index contributed by atoms with van der Waals surface area (Å²) >= 11 is 0. The van der Waals surface area contributed by atoms with E-state index in [1.54, 1.807) is 0 Å². The second kappa shape index (κ2) is 8.38. The van der Waals surface area contributed by atoms with Crippen LogP contribution in [0.2, 0.25) is 0 Å². The molecule has 0 amide bonds. The Labute approximate surface area is 96.4 Å². The Morgan fingerprint density at radius 2 is 2.07 bits per heavy atom. The van der Waals surface area contributed by atoms with Crippen LogP contribution in [0.5, 0.6) is 0 Å². The summed E-state index contributed by atoms with van der Waals surface area (Å²) in [4.78, 5) is 0. The maximum atomic E-state index is 10.4. The highest BCUT2D eigenvalue weighted by atomic mass is 33.1. The monoisotopic (exact) mass is 255 g/mol. The number of unbranched alkanes of at least 4 members (excludes halogenated alkanes) is 2. The van der Waals surface area contributed by atoms with Gasteiger partial charge in [0.15, 0.2) is 0 Å². The SMILES string of the molecule is CCCCCC(C)NCCSS(=O)(=O)O. The van der Waals surface area contributed by atoms with E-state index in [1.165, 1.54) is 19.3 Å². The molecule has 0 aliphatic heterocycles. The fraction of sp³-hybridized carbons (Fsp3) is 1.00. The van der Waals surface area contributed by atoms with Crippen LogP contribution in [-0.2, 0) is 9.15 Å². The Morgan fingerprint density at radius 1 is 1.40 bits per heavy atom. The van der Waals surface area contributed by atoms with E-state index in [0.717, 1.165) is 6.42 Å². The standard InChI is InChI=1S/C9H21NO3S2/c1-3-4-5-6-9(2)10-7-8-14-15(11,12)13/h9-10H,3-8H2,1-2H3,(H,11,12,13). The molecule has 92 valence electrons. The van der Waals surface area contributed by atoms with Crippen molar-refractivity contribution in [2.75, 3.05) is 12.3 Å². The molecule has 0 rings (SSSR count). The first-order valence-corrected chi connectivity index (χ1v) is 8.25. The summed E-state index contributed by atoms with van der Waals surface area (Å²) < 4.78 is 29.2. The van der Waals surface area contributed by atoms with Crippen molar-refractivity contribution in [2.24, 2.45) is 0 Å². The highest BCUT2D eigenvalue weighted by Gasteiger charge is 2.05. The summed E-state index contributed by atoms with van der Waals surface area (Å²) in [6.07, 6.45) is 4.78. The largest absolute Gasteiger partial charge is 0.319 e. The normalized spacial score (nSPS) is 14.1. The summed E-state index contributed by atoms with van der Waals surface area (Å²) in [5.74, 6) is 0.386. The molecule has 0 aromatic carbocycles. The third-order valence-corrected chi connectivity index (χ3v) is 4.13. The summed E-state index contributed by atoms with van der Waals surface area (Å²) in [5.41, 5.74) is 0. The molecule has 0 fully saturated rings. The summed E-state index contributed by atoms with van der Waals surface area (Å²) in [6.45, 7) is 4.87. The number of hydrogen-bond donors (Lipinski definition) is 2. The lowest BCUT2D eigenvalue weighted by Gasteiger charge is -2.12. The molecular weight excluding hydrogens is 234 g/mol. The zero-order chi connectivity index (χ0) is 11.7. The van der Waals surface area contributed by atoms with Gasteiger partial charge in [-0.2, -0.15) is 8.42 Å². The smallest absolute Gasteiger partial charge is 0.313 e. The zero-order valence-corrected chi connectivity index (χ0v) is 11.0.